The van der Waals surface area contributed by atoms with Gasteiger partial charge in [-0.2, -0.15) is 13.6 Å². The Morgan fingerprint density at radius 3 is 2.06 bits per heavy atom. The van der Waals surface area contributed by atoms with Gasteiger partial charge in [0, 0.05) is 0 Å². The van der Waals surface area contributed by atoms with Gasteiger partial charge in [0.1, 0.15) is 0 Å². The number of rotatable bonds is 1. The summed E-state index contributed by atoms with van der Waals surface area (Å²) in [4.78, 5) is -0.0741. The summed E-state index contributed by atoms with van der Waals surface area (Å²) in [5, 5.41) is 11.5. The fraction of sp³-hybridized carbons (Fsp3) is 0. The third kappa shape index (κ3) is 6.66. The summed E-state index contributed by atoms with van der Waals surface area (Å²) < 4.78 is 29.6. The first-order valence-corrected chi connectivity index (χ1v) is 5.83. The van der Waals surface area contributed by atoms with E-state index in [0.29, 0.717) is 4.77 Å². The van der Waals surface area contributed by atoms with E-state index in [-0.39, 0.29) is 34.5 Å². The predicted molar refractivity (Wildman–Crippen MR) is 57.8 cm³/mol. The van der Waals surface area contributed by atoms with E-state index in [1.165, 1.54) is 12.1 Å². The molecule has 0 unspecified atom stereocenters. The van der Waals surface area contributed by atoms with Gasteiger partial charge < -0.3 is 0 Å². The monoisotopic (exact) mass is 283 g/mol. The van der Waals surface area contributed by atoms with Crippen LogP contribution in [-0.2, 0) is 10.1 Å². The fourth-order valence-electron chi connectivity index (χ4n) is 0.761. The molecule has 1 aromatic carbocycles. The molecule has 0 saturated carbocycles. The van der Waals surface area contributed by atoms with E-state index in [4.69, 9.17) is 4.55 Å². The molecule has 0 aliphatic heterocycles. The molecule has 1 aromatic heterocycles. The Bertz CT molecular complexity index is 564. The zero-order valence-electron chi connectivity index (χ0n) is 8.86. The van der Waals surface area contributed by atoms with Gasteiger partial charge in [-0.3, -0.25) is 9.65 Å². The van der Waals surface area contributed by atoms with Gasteiger partial charge in [-0.1, -0.05) is 28.5 Å². The second-order valence-electron chi connectivity index (χ2n) is 2.53. The van der Waals surface area contributed by atoms with Gasteiger partial charge in [0.05, 0.1) is 4.90 Å². The zero-order chi connectivity index (χ0) is 12.0. The SMILES string of the molecule is O=S(=O)(O)c1ccccc1.S=c1nn[nH][nH]1.[Na+]. The minimum atomic E-state index is -4.00. The zero-order valence-corrected chi connectivity index (χ0v) is 12.5. The first kappa shape index (κ1) is 16.4. The summed E-state index contributed by atoms with van der Waals surface area (Å²) in [6, 6.07) is 7.42. The number of nitrogens with zero attached hydrogens (tertiary/aromatic N) is 2. The van der Waals surface area contributed by atoms with Crippen molar-refractivity contribution in [3.05, 3.63) is 35.1 Å². The van der Waals surface area contributed by atoms with Crippen LogP contribution in [0.15, 0.2) is 35.2 Å². The van der Waals surface area contributed by atoms with Crippen molar-refractivity contribution in [2.45, 2.75) is 4.90 Å². The Morgan fingerprint density at radius 1 is 1.24 bits per heavy atom. The molecule has 2 aromatic rings. The summed E-state index contributed by atoms with van der Waals surface area (Å²) in [5.74, 6) is 0. The second-order valence-corrected chi connectivity index (χ2v) is 4.34. The second kappa shape index (κ2) is 7.69. The Morgan fingerprint density at radius 2 is 1.82 bits per heavy atom. The molecule has 3 N–H and O–H groups in total. The molecule has 0 fully saturated rings. The summed E-state index contributed by atoms with van der Waals surface area (Å²) in [6.07, 6.45) is 0. The van der Waals surface area contributed by atoms with Crippen molar-refractivity contribution in [2.75, 3.05) is 0 Å². The van der Waals surface area contributed by atoms with Gasteiger partial charge in [-0.25, -0.2) is 0 Å². The Balaban J connectivity index is 0.000000316. The number of H-pyrrole nitrogens is 2. The Kier molecular flexibility index (Phi) is 7.43. The normalized spacial score (nSPS) is 9.71. The van der Waals surface area contributed by atoms with Crippen LogP contribution in [0, 0.1) is 4.77 Å². The standard InChI is InChI=1S/C6H6O3S.CH2N4S.Na/c7-10(8,9)6-4-2-1-3-5-6;6-1-2-4-5-3-1;/h1-5H,(H,7,8,9);(H2,2,3,4,5,6);/q;;+1. The molecule has 0 amide bonds. The van der Waals surface area contributed by atoms with E-state index in [1.54, 1.807) is 18.2 Å². The molecule has 86 valence electrons. The molecule has 0 radical (unpaired) electrons. The van der Waals surface area contributed by atoms with Gasteiger partial charge in [0.25, 0.3) is 10.1 Å². The van der Waals surface area contributed by atoms with E-state index in [0.717, 1.165) is 0 Å². The van der Waals surface area contributed by atoms with Crippen molar-refractivity contribution >= 4 is 22.3 Å². The van der Waals surface area contributed by atoms with E-state index in [1.807, 2.05) is 0 Å². The maximum Gasteiger partial charge on any atom is 1.00 e. The van der Waals surface area contributed by atoms with E-state index < -0.39 is 10.1 Å². The average molecular weight is 283 g/mol. The van der Waals surface area contributed by atoms with Crippen LogP contribution in [0.4, 0.5) is 0 Å². The van der Waals surface area contributed by atoms with E-state index >= 15 is 0 Å². The first-order chi connectivity index (χ1) is 7.50. The third-order valence-electron chi connectivity index (χ3n) is 1.39. The third-order valence-corrected chi connectivity index (χ3v) is 2.45. The molecular weight excluding hydrogens is 275 g/mol. The average Bonchev–Trinajstić information content (AvgIpc) is 2.70. The molecule has 2 rings (SSSR count). The first-order valence-electron chi connectivity index (χ1n) is 3.98. The number of tetrazole rings is 1. The van der Waals surface area contributed by atoms with Crippen LogP contribution in [0.1, 0.15) is 0 Å². The number of hydrogen-bond donors (Lipinski definition) is 3. The summed E-state index contributed by atoms with van der Waals surface area (Å²) >= 11 is 4.48. The summed E-state index contributed by atoms with van der Waals surface area (Å²) in [6.45, 7) is 0. The summed E-state index contributed by atoms with van der Waals surface area (Å²) in [7, 11) is -4.00. The number of hydrogen-bond acceptors (Lipinski definition) is 5. The van der Waals surface area contributed by atoms with Crippen molar-refractivity contribution < 1.29 is 42.5 Å². The Labute approximate surface area is 125 Å². The van der Waals surface area contributed by atoms with Crippen LogP contribution in [0.25, 0.3) is 0 Å². The molecule has 0 spiro atoms. The molecule has 0 aliphatic carbocycles. The van der Waals surface area contributed by atoms with Gasteiger partial charge >= 0.3 is 29.6 Å². The van der Waals surface area contributed by atoms with E-state index in [9.17, 15) is 8.42 Å². The van der Waals surface area contributed by atoms with Crippen LogP contribution >= 0.6 is 12.2 Å². The van der Waals surface area contributed by atoms with Crippen LogP contribution in [0.3, 0.4) is 0 Å². The molecular formula is C7H8N4NaO3S2+. The molecule has 1 heterocycles. The van der Waals surface area contributed by atoms with Crippen LogP contribution in [0.2, 0.25) is 0 Å². The van der Waals surface area contributed by atoms with Crippen molar-refractivity contribution in [1.29, 1.82) is 0 Å². The quantitative estimate of drug-likeness (QED) is 0.311. The molecule has 0 atom stereocenters. The van der Waals surface area contributed by atoms with Crippen molar-refractivity contribution in [3.63, 3.8) is 0 Å². The number of benzene rings is 1. The summed E-state index contributed by atoms with van der Waals surface area (Å²) in [5.41, 5.74) is 0. The van der Waals surface area contributed by atoms with Crippen molar-refractivity contribution in [2.24, 2.45) is 0 Å². The van der Waals surface area contributed by atoms with Crippen LogP contribution in [0.5, 0.6) is 0 Å². The molecule has 7 nitrogen and oxygen atoms in total. The number of aromatic nitrogens is 4. The Hall–Kier alpha value is -0.580. The molecule has 17 heavy (non-hydrogen) atoms. The molecule has 0 saturated heterocycles. The van der Waals surface area contributed by atoms with Gasteiger partial charge in [-0.15, -0.1) is 0 Å². The molecule has 0 bridgehead atoms. The number of aromatic amines is 2. The van der Waals surface area contributed by atoms with Gasteiger partial charge in [-0.05, 0) is 24.4 Å². The topological polar surface area (TPSA) is 112 Å². The minimum Gasteiger partial charge on any atom is -0.282 e. The molecule has 0 aliphatic rings. The minimum absolute atomic E-state index is 0. The van der Waals surface area contributed by atoms with Crippen molar-refractivity contribution in [3.8, 4) is 0 Å². The largest absolute Gasteiger partial charge is 1.00 e. The maximum absolute atomic E-state index is 10.4. The predicted octanol–water partition coefficient (Wildman–Crippen LogP) is -2.20. The molecule has 10 heteroatoms. The van der Waals surface area contributed by atoms with Crippen LogP contribution in [-0.4, -0.2) is 33.6 Å². The van der Waals surface area contributed by atoms with Gasteiger partial charge in [0.15, 0.2) is 0 Å². The number of nitrogens with one attached hydrogen (secondary N) is 2. The van der Waals surface area contributed by atoms with E-state index in [2.05, 4.69) is 32.8 Å². The smallest absolute Gasteiger partial charge is 0.282 e. The fourth-order valence-corrected chi connectivity index (χ4v) is 1.35. The van der Waals surface area contributed by atoms with Crippen molar-refractivity contribution in [1.82, 2.24) is 20.6 Å². The van der Waals surface area contributed by atoms with Gasteiger partial charge in [0.2, 0.25) is 4.77 Å². The van der Waals surface area contributed by atoms with Crippen LogP contribution < -0.4 is 29.6 Å². The maximum atomic E-state index is 10.4.